The summed E-state index contributed by atoms with van der Waals surface area (Å²) in [6.45, 7) is 1.71. The molecular weight excluding hydrogens is 356 g/mol. The van der Waals surface area contributed by atoms with Gasteiger partial charge in [-0.1, -0.05) is 36.4 Å². The van der Waals surface area contributed by atoms with Crippen molar-refractivity contribution in [2.45, 2.75) is 18.2 Å². The first-order chi connectivity index (χ1) is 12.3. The van der Waals surface area contributed by atoms with Gasteiger partial charge in [-0.25, -0.2) is 4.68 Å². The van der Waals surface area contributed by atoms with Crippen LogP contribution < -0.4 is 5.06 Å². The molecule has 0 bridgehead atoms. The topological polar surface area (TPSA) is 122 Å². The van der Waals surface area contributed by atoms with Gasteiger partial charge in [0, 0.05) is 12.6 Å². The first-order valence-electron chi connectivity index (χ1n) is 7.72. The lowest BCUT2D eigenvalue weighted by molar-refractivity contribution is 0.302. The molecule has 0 amide bonds. The third-order valence-electron chi connectivity index (χ3n) is 3.91. The molecule has 3 aromatic rings. The molecule has 0 aliphatic rings. The zero-order valence-corrected chi connectivity index (χ0v) is 14.7. The molecule has 4 N–H and O–H groups in total. The molecule has 2 aromatic carbocycles. The molecule has 0 fully saturated rings. The van der Waals surface area contributed by atoms with Gasteiger partial charge in [-0.3, -0.25) is 20.3 Å². The van der Waals surface area contributed by atoms with Gasteiger partial charge in [0.2, 0.25) is 5.96 Å². The summed E-state index contributed by atoms with van der Waals surface area (Å²) in [5.41, 5.74) is 2.21. The van der Waals surface area contributed by atoms with E-state index in [2.05, 4.69) is 5.10 Å². The Labute approximate surface area is 150 Å². The molecule has 0 saturated carbocycles. The first kappa shape index (κ1) is 17.9. The lowest BCUT2D eigenvalue weighted by Gasteiger charge is -2.25. The van der Waals surface area contributed by atoms with E-state index < -0.39 is 21.0 Å². The second-order valence-corrected chi connectivity index (χ2v) is 7.23. The van der Waals surface area contributed by atoms with Crippen LogP contribution in [0.1, 0.15) is 16.8 Å². The van der Waals surface area contributed by atoms with Gasteiger partial charge in [0.15, 0.2) is 0 Å². The van der Waals surface area contributed by atoms with Crippen LogP contribution in [0.5, 0.6) is 0 Å². The van der Waals surface area contributed by atoms with Crippen LogP contribution >= 0.6 is 0 Å². The van der Waals surface area contributed by atoms with E-state index in [4.69, 9.17) is 5.41 Å². The molecule has 26 heavy (non-hydrogen) atoms. The van der Waals surface area contributed by atoms with Crippen molar-refractivity contribution in [3.63, 3.8) is 0 Å². The van der Waals surface area contributed by atoms with Gasteiger partial charge in [-0.15, -0.1) is 0 Å². The normalized spacial score (nSPS) is 11.5. The van der Waals surface area contributed by atoms with Crippen LogP contribution in [0.15, 0.2) is 59.6 Å². The maximum Gasteiger partial charge on any atom is 0.296 e. The molecule has 9 heteroatoms. The van der Waals surface area contributed by atoms with Gasteiger partial charge in [-0.05, 0) is 30.2 Å². The number of rotatable bonds is 4. The lowest BCUT2D eigenvalue weighted by Crippen LogP contribution is -2.38. The molecule has 0 atom stereocenters. The Morgan fingerprint density at radius 3 is 2.50 bits per heavy atom. The van der Waals surface area contributed by atoms with Crippen molar-refractivity contribution < 1.29 is 18.2 Å². The fourth-order valence-electron chi connectivity index (χ4n) is 2.57. The van der Waals surface area contributed by atoms with Crippen molar-refractivity contribution in [2.24, 2.45) is 0 Å². The van der Waals surface area contributed by atoms with E-state index in [0.717, 1.165) is 11.3 Å². The van der Waals surface area contributed by atoms with Gasteiger partial charge in [0.25, 0.3) is 10.1 Å². The molecule has 0 spiro atoms. The minimum absolute atomic E-state index is 0.203. The summed E-state index contributed by atoms with van der Waals surface area (Å²) in [7, 11) is -4.56. The molecule has 3 rings (SSSR count). The van der Waals surface area contributed by atoms with Crippen LogP contribution in [0.25, 0.3) is 0 Å². The summed E-state index contributed by atoms with van der Waals surface area (Å²) in [5, 5.41) is 21.8. The van der Waals surface area contributed by atoms with E-state index in [9.17, 15) is 18.2 Å². The largest absolute Gasteiger partial charge is 0.297 e. The van der Waals surface area contributed by atoms with Crippen LogP contribution in [0.3, 0.4) is 0 Å². The fourth-order valence-corrected chi connectivity index (χ4v) is 3.22. The van der Waals surface area contributed by atoms with E-state index in [1.54, 1.807) is 13.1 Å². The van der Waals surface area contributed by atoms with Crippen LogP contribution in [0.4, 0.5) is 5.69 Å². The number of aromatic nitrogens is 2. The highest BCUT2D eigenvalue weighted by molar-refractivity contribution is 7.86. The Hall–Kier alpha value is -2.88. The van der Waals surface area contributed by atoms with Crippen molar-refractivity contribution >= 4 is 21.8 Å². The molecule has 0 radical (unpaired) electrons. The number of hydrogen-bond donors (Lipinski definition) is 4. The van der Waals surface area contributed by atoms with Crippen molar-refractivity contribution in [3.8, 4) is 0 Å². The van der Waals surface area contributed by atoms with Crippen LogP contribution in [0.2, 0.25) is 0 Å². The number of aryl methyl sites for hydroxylation is 1. The zero-order chi connectivity index (χ0) is 18.9. The molecule has 0 aliphatic heterocycles. The van der Waals surface area contributed by atoms with Crippen LogP contribution in [-0.4, -0.2) is 33.9 Å². The Bertz CT molecular complexity index is 1040. The van der Waals surface area contributed by atoms with Gasteiger partial charge in [-0.2, -0.15) is 13.5 Å². The molecule has 136 valence electrons. The highest BCUT2D eigenvalue weighted by Gasteiger charge is 2.24. The second-order valence-electron chi connectivity index (χ2n) is 5.84. The summed E-state index contributed by atoms with van der Waals surface area (Å²) in [6.07, 6.45) is 2.22. The number of nitrogens with zero attached hydrogens (tertiary/aromatic N) is 2. The molecule has 1 heterocycles. The van der Waals surface area contributed by atoms with E-state index in [1.165, 1.54) is 22.9 Å². The monoisotopic (exact) mass is 374 g/mol. The fraction of sp³-hybridized carbons (Fsp3) is 0.118. The lowest BCUT2D eigenvalue weighted by atomic mass is 10.1. The summed E-state index contributed by atoms with van der Waals surface area (Å²) >= 11 is 0. The molecule has 0 unspecified atom stereocenters. The number of nitrogens with one attached hydrogen (secondary N) is 2. The average Bonchev–Trinajstić information content (AvgIpc) is 2.57. The standard InChI is InChI=1S/C17H18N4O4S/c1-12-7-8-16(26(23,24)25)15(9-12)21(22)17(18)20-14(11-19-20)10-13-5-3-2-4-6-13/h2-9,11,18-19,22H,10H2,1H3,(H,23,24,25). The van der Waals surface area contributed by atoms with Crippen LogP contribution in [0, 0.1) is 12.3 Å². The second kappa shape index (κ2) is 6.79. The number of hydroxylamine groups is 1. The smallest absolute Gasteiger partial charge is 0.296 e. The van der Waals surface area contributed by atoms with Crippen LogP contribution in [-0.2, 0) is 16.5 Å². The molecular formula is C17H18N4O4S. The van der Waals surface area contributed by atoms with Crippen molar-refractivity contribution in [3.05, 3.63) is 71.5 Å². The van der Waals surface area contributed by atoms with Crippen molar-refractivity contribution in [1.82, 2.24) is 9.78 Å². The van der Waals surface area contributed by atoms with Gasteiger partial charge < -0.3 is 0 Å². The minimum atomic E-state index is -4.56. The zero-order valence-electron chi connectivity index (χ0n) is 13.9. The first-order valence-corrected chi connectivity index (χ1v) is 9.16. The highest BCUT2D eigenvalue weighted by atomic mass is 32.2. The van der Waals surface area contributed by atoms with Gasteiger partial charge in [0.05, 0.1) is 11.4 Å². The predicted octanol–water partition coefficient (Wildman–Crippen LogP) is 2.64. The number of hydrogen-bond acceptors (Lipinski definition) is 4. The van der Waals surface area contributed by atoms with E-state index in [1.807, 2.05) is 30.3 Å². The Balaban J connectivity index is 1.90. The van der Waals surface area contributed by atoms with E-state index >= 15 is 0 Å². The molecule has 0 saturated heterocycles. The Morgan fingerprint density at radius 1 is 1.23 bits per heavy atom. The average molecular weight is 374 g/mol. The van der Waals surface area contributed by atoms with Gasteiger partial charge in [0.1, 0.15) is 4.90 Å². The van der Waals surface area contributed by atoms with Crippen molar-refractivity contribution in [1.29, 1.82) is 5.41 Å². The quantitative estimate of drug-likeness (QED) is 0.242. The summed E-state index contributed by atoms with van der Waals surface area (Å²) < 4.78 is 33.8. The van der Waals surface area contributed by atoms with Crippen molar-refractivity contribution in [2.75, 3.05) is 5.06 Å². The van der Waals surface area contributed by atoms with Gasteiger partial charge >= 0.3 is 0 Å². The minimum Gasteiger partial charge on any atom is -0.297 e. The summed E-state index contributed by atoms with van der Waals surface area (Å²) in [5.74, 6) is -0.395. The third-order valence-corrected chi connectivity index (χ3v) is 4.81. The number of anilines is 1. The number of aromatic amines is 1. The predicted molar refractivity (Wildman–Crippen MR) is 96.4 cm³/mol. The van der Waals surface area contributed by atoms with E-state index in [0.29, 0.717) is 17.0 Å². The Morgan fingerprint density at radius 2 is 1.92 bits per heavy atom. The molecule has 1 aromatic heterocycles. The molecule has 8 nitrogen and oxygen atoms in total. The number of H-pyrrole nitrogens is 1. The SMILES string of the molecule is Cc1ccc(S(=O)(=O)O)c(N(O)C(=N)n2[nH]cc2Cc2ccccc2)c1. The number of benzene rings is 2. The summed E-state index contributed by atoms with van der Waals surface area (Å²) in [6, 6.07) is 13.6. The molecule has 0 aliphatic carbocycles. The maximum absolute atomic E-state index is 11.6. The van der Waals surface area contributed by atoms with E-state index in [-0.39, 0.29) is 5.69 Å². The maximum atomic E-state index is 11.6. The highest BCUT2D eigenvalue weighted by Crippen LogP contribution is 2.26. The third kappa shape index (κ3) is 3.54. The Kier molecular flexibility index (Phi) is 4.68. The summed E-state index contributed by atoms with van der Waals surface area (Å²) in [4.78, 5) is -0.482.